The summed E-state index contributed by atoms with van der Waals surface area (Å²) in [7, 11) is 0. The Morgan fingerprint density at radius 3 is 2.30 bits per heavy atom. The Morgan fingerprint density at radius 2 is 1.55 bits per heavy atom. The van der Waals surface area contributed by atoms with Crippen LogP contribution < -0.4 is 5.32 Å². The molecule has 1 aliphatic rings. The Labute approximate surface area is 193 Å². The van der Waals surface area contributed by atoms with Crippen molar-refractivity contribution in [3.05, 3.63) is 107 Å². The number of fused-ring (bicyclic) bond motifs is 3. The first-order valence-electron chi connectivity index (χ1n) is 11.2. The molecule has 0 radical (unpaired) electrons. The number of benzene rings is 3. The molecule has 1 N–H and O–H groups in total. The van der Waals surface area contributed by atoms with E-state index in [0.29, 0.717) is 0 Å². The maximum Gasteiger partial charge on any atom is 0.151 e. The molecular formula is C28H25N5. The van der Waals surface area contributed by atoms with Gasteiger partial charge in [0.15, 0.2) is 6.17 Å². The normalized spacial score (nSPS) is 14.5. The van der Waals surface area contributed by atoms with Crippen LogP contribution in [0.4, 0.5) is 5.69 Å². The Bertz CT molecular complexity index is 1460. The average Bonchev–Trinajstić information content (AvgIpc) is 3.44. The number of para-hydroxylation sites is 1. The average molecular weight is 432 g/mol. The molecule has 2 aromatic heterocycles. The van der Waals surface area contributed by atoms with E-state index in [1.807, 2.05) is 28.9 Å². The van der Waals surface area contributed by atoms with E-state index >= 15 is 0 Å². The summed E-state index contributed by atoms with van der Waals surface area (Å²) in [4.78, 5) is 0. The van der Waals surface area contributed by atoms with Crippen LogP contribution in [-0.2, 0) is 0 Å². The molecule has 5 nitrogen and oxygen atoms in total. The molecule has 0 saturated carbocycles. The van der Waals surface area contributed by atoms with Crippen LogP contribution in [0.3, 0.4) is 0 Å². The van der Waals surface area contributed by atoms with Gasteiger partial charge >= 0.3 is 0 Å². The maximum absolute atomic E-state index is 5.03. The van der Waals surface area contributed by atoms with Crippen molar-refractivity contribution in [3.63, 3.8) is 0 Å². The number of anilines is 1. The van der Waals surface area contributed by atoms with Crippen LogP contribution in [0.2, 0.25) is 0 Å². The van der Waals surface area contributed by atoms with Crippen LogP contribution >= 0.6 is 0 Å². The smallest absolute Gasteiger partial charge is 0.151 e. The Hall–Kier alpha value is -4.12. The van der Waals surface area contributed by atoms with Gasteiger partial charge in [-0.25, -0.2) is 9.36 Å². The van der Waals surface area contributed by atoms with E-state index in [1.54, 1.807) is 0 Å². The van der Waals surface area contributed by atoms with Crippen molar-refractivity contribution in [2.24, 2.45) is 0 Å². The van der Waals surface area contributed by atoms with Gasteiger partial charge in [0.1, 0.15) is 0 Å². The van der Waals surface area contributed by atoms with E-state index in [2.05, 4.69) is 91.6 Å². The number of rotatable bonds is 3. The van der Waals surface area contributed by atoms with E-state index in [1.165, 1.54) is 16.7 Å². The van der Waals surface area contributed by atoms with E-state index in [0.717, 1.165) is 39.6 Å². The molecule has 0 unspecified atom stereocenters. The molecule has 1 atom stereocenters. The van der Waals surface area contributed by atoms with E-state index in [9.17, 15) is 0 Å². The highest BCUT2D eigenvalue weighted by molar-refractivity contribution is 5.82. The van der Waals surface area contributed by atoms with Gasteiger partial charge in [0.2, 0.25) is 0 Å². The van der Waals surface area contributed by atoms with Crippen LogP contribution in [-0.4, -0.2) is 19.6 Å². The number of hydrogen-bond donors (Lipinski definition) is 1. The number of aryl methyl sites for hydroxylation is 3. The third kappa shape index (κ3) is 3.24. The standard InChI is InChI=1S/C28H25N5/c1-18-14-19(2)26-23(15-18)25-16-20(3)30-33(25)28(29-26)24-17-32(22-12-8-5-9-13-22)31-27(24)21-10-6-4-7-11-21/h4-17,28-29H,1-3H3/t28-/m1/s1. The lowest BCUT2D eigenvalue weighted by molar-refractivity contribution is 0.571. The Morgan fingerprint density at radius 1 is 0.818 bits per heavy atom. The maximum atomic E-state index is 5.03. The van der Waals surface area contributed by atoms with Gasteiger partial charge in [0, 0.05) is 28.6 Å². The van der Waals surface area contributed by atoms with Crippen LogP contribution in [0.15, 0.2) is 85.1 Å². The third-order valence-corrected chi connectivity index (χ3v) is 6.24. The fraction of sp³-hybridized carbons (Fsp3) is 0.143. The minimum Gasteiger partial charge on any atom is -0.359 e. The summed E-state index contributed by atoms with van der Waals surface area (Å²) >= 11 is 0. The van der Waals surface area contributed by atoms with Crippen molar-refractivity contribution in [2.45, 2.75) is 26.9 Å². The molecule has 0 aliphatic carbocycles. The summed E-state index contributed by atoms with van der Waals surface area (Å²) in [5, 5.41) is 13.7. The summed E-state index contributed by atoms with van der Waals surface area (Å²) in [5.74, 6) is 0. The molecule has 0 saturated heterocycles. The topological polar surface area (TPSA) is 47.7 Å². The summed E-state index contributed by atoms with van der Waals surface area (Å²) in [5.41, 5.74) is 11.1. The lowest BCUT2D eigenvalue weighted by Crippen LogP contribution is -2.26. The van der Waals surface area contributed by atoms with Crippen molar-refractivity contribution in [3.8, 4) is 28.2 Å². The van der Waals surface area contributed by atoms with Gasteiger partial charge < -0.3 is 5.32 Å². The highest BCUT2D eigenvalue weighted by atomic mass is 15.4. The van der Waals surface area contributed by atoms with Crippen molar-refractivity contribution in [1.82, 2.24) is 19.6 Å². The van der Waals surface area contributed by atoms with E-state index < -0.39 is 0 Å². The second kappa shape index (κ2) is 7.48. The third-order valence-electron chi connectivity index (χ3n) is 6.24. The molecule has 6 rings (SSSR count). The number of nitrogens with zero attached hydrogens (tertiary/aromatic N) is 4. The fourth-order valence-corrected chi connectivity index (χ4v) is 4.80. The first kappa shape index (κ1) is 19.6. The van der Waals surface area contributed by atoms with Crippen molar-refractivity contribution in [1.29, 1.82) is 0 Å². The Kier molecular flexibility index (Phi) is 4.44. The van der Waals surface area contributed by atoms with E-state index in [4.69, 9.17) is 10.2 Å². The largest absolute Gasteiger partial charge is 0.359 e. The zero-order chi connectivity index (χ0) is 22.5. The SMILES string of the molecule is Cc1cc(C)c2c(c1)-c1cc(C)nn1[C@H](c1cn(-c3ccccc3)nc1-c1ccccc1)N2. The quantitative estimate of drug-likeness (QED) is 0.365. The Balaban J connectivity index is 1.58. The molecule has 1 aliphatic heterocycles. The molecule has 3 aromatic carbocycles. The first-order valence-corrected chi connectivity index (χ1v) is 11.2. The van der Waals surface area contributed by atoms with Crippen molar-refractivity contribution < 1.29 is 0 Å². The lowest BCUT2D eigenvalue weighted by Gasteiger charge is -2.30. The zero-order valence-corrected chi connectivity index (χ0v) is 18.9. The summed E-state index contributed by atoms with van der Waals surface area (Å²) in [6.45, 7) is 6.36. The van der Waals surface area contributed by atoms with Crippen molar-refractivity contribution in [2.75, 3.05) is 5.32 Å². The molecular weight excluding hydrogens is 406 g/mol. The van der Waals surface area contributed by atoms with Gasteiger partial charge in [-0.2, -0.15) is 10.2 Å². The summed E-state index contributed by atoms with van der Waals surface area (Å²) in [6, 6.07) is 27.3. The summed E-state index contributed by atoms with van der Waals surface area (Å²) < 4.78 is 4.07. The summed E-state index contributed by atoms with van der Waals surface area (Å²) in [6.07, 6.45) is 1.96. The molecule has 0 bridgehead atoms. The molecule has 3 heterocycles. The minimum atomic E-state index is -0.171. The van der Waals surface area contributed by atoms with Gasteiger partial charge in [-0.3, -0.25) is 0 Å². The minimum absolute atomic E-state index is 0.171. The molecule has 0 spiro atoms. The van der Waals surface area contributed by atoms with E-state index in [-0.39, 0.29) is 6.17 Å². The molecule has 162 valence electrons. The second-order valence-corrected chi connectivity index (χ2v) is 8.75. The monoisotopic (exact) mass is 431 g/mol. The van der Waals surface area contributed by atoms with Gasteiger partial charge in [-0.15, -0.1) is 0 Å². The predicted molar refractivity (Wildman–Crippen MR) is 133 cm³/mol. The van der Waals surface area contributed by atoms with Crippen LogP contribution in [0.1, 0.15) is 28.6 Å². The molecule has 5 heteroatoms. The van der Waals surface area contributed by atoms with Crippen LogP contribution in [0.25, 0.3) is 28.2 Å². The predicted octanol–water partition coefficient (Wildman–Crippen LogP) is 6.30. The van der Waals surface area contributed by atoms with Gasteiger partial charge in [0.05, 0.1) is 22.8 Å². The van der Waals surface area contributed by atoms with Gasteiger partial charge in [-0.05, 0) is 50.6 Å². The van der Waals surface area contributed by atoms with Crippen LogP contribution in [0.5, 0.6) is 0 Å². The fourth-order valence-electron chi connectivity index (χ4n) is 4.80. The second-order valence-electron chi connectivity index (χ2n) is 8.75. The first-order chi connectivity index (χ1) is 16.1. The number of nitrogens with one attached hydrogen (secondary N) is 1. The molecule has 33 heavy (non-hydrogen) atoms. The highest BCUT2D eigenvalue weighted by Crippen LogP contribution is 2.42. The van der Waals surface area contributed by atoms with Gasteiger partial charge in [0.25, 0.3) is 0 Å². The number of aromatic nitrogens is 4. The lowest BCUT2D eigenvalue weighted by atomic mass is 9.97. The molecule has 5 aromatic rings. The number of hydrogen-bond acceptors (Lipinski definition) is 3. The molecule has 0 fully saturated rings. The van der Waals surface area contributed by atoms with Crippen molar-refractivity contribution >= 4 is 5.69 Å². The van der Waals surface area contributed by atoms with Crippen LogP contribution in [0, 0.1) is 20.8 Å². The molecule has 0 amide bonds. The van der Waals surface area contributed by atoms with Gasteiger partial charge in [-0.1, -0.05) is 60.2 Å². The highest BCUT2D eigenvalue weighted by Gasteiger charge is 2.31. The zero-order valence-electron chi connectivity index (χ0n) is 18.9.